The highest BCUT2D eigenvalue weighted by Gasteiger charge is 2.55. The van der Waals surface area contributed by atoms with Crippen LogP contribution < -0.4 is 0 Å². The fraction of sp³-hybridized carbons (Fsp3) is 0.625. The van der Waals surface area contributed by atoms with E-state index in [4.69, 9.17) is 14.7 Å². The number of carbonyl (C=O) groups is 1. The lowest BCUT2D eigenvalue weighted by Crippen LogP contribution is -2.52. The van der Waals surface area contributed by atoms with Crippen LogP contribution in [0.3, 0.4) is 0 Å². The van der Waals surface area contributed by atoms with Gasteiger partial charge in [-0.05, 0) is 86.8 Å². The molecule has 0 saturated heterocycles. The Morgan fingerprint density at radius 3 is 2.54 bits per heavy atom. The number of aryl methyl sites for hydroxylation is 3. The molecule has 0 amide bonds. The third kappa shape index (κ3) is 2.39. The Morgan fingerprint density at radius 1 is 1.04 bits per heavy atom. The third-order valence-corrected chi connectivity index (χ3v) is 8.05. The second-order valence-corrected chi connectivity index (χ2v) is 9.55. The molecule has 3 aliphatic rings. The van der Waals surface area contributed by atoms with Gasteiger partial charge in [-0.1, -0.05) is 19.4 Å². The molecule has 1 unspecified atom stereocenters. The van der Waals surface area contributed by atoms with Gasteiger partial charge in [-0.25, -0.2) is 9.97 Å². The Balaban J connectivity index is 1.66. The van der Waals surface area contributed by atoms with Crippen molar-refractivity contribution in [3.63, 3.8) is 0 Å². The van der Waals surface area contributed by atoms with E-state index in [-0.39, 0.29) is 11.4 Å². The van der Waals surface area contributed by atoms with E-state index in [1.54, 1.807) is 0 Å². The van der Waals surface area contributed by atoms with Crippen LogP contribution in [0.5, 0.6) is 0 Å². The first-order valence-electron chi connectivity index (χ1n) is 10.9. The van der Waals surface area contributed by atoms with Gasteiger partial charge < -0.3 is 4.74 Å². The zero-order valence-electron chi connectivity index (χ0n) is 17.3. The maximum atomic E-state index is 12.7. The summed E-state index contributed by atoms with van der Waals surface area (Å²) >= 11 is 0. The predicted octanol–water partition coefficient (Wildman–Crippen LogP) is 4.69. The number of esters is 1. The van der Waals surface area contributed by atoms with Crippen LogP contribution in [0.1, 0.15) is 74.9 Å². The number of fused-ring (bicyclic) bond motifs is 6. The molecule has 1 aromatic heterocycles. The molecular formula is C24H30N2O2. The van der Waals surface area contributed by atoms with E-state index in [0.29, 0.717) is 5.92 Å². The Kier molecular flexibility index (Phi) is 4.05. The Bertz CT molecular complexity index is 969. The van der Waals surface area contributed by atoms with E-state index in [1.165, 1.54) is 42.5 Å². The molecule has 4 heteroatoms. The summed E-state index contributed by atoms with van der Waals surface area (Å²) in [4.78, 5) is 22.8. The Labute approximate surface area is 167 Å². The molecule has 1 aromatic carbocycles. The normalized spacial score (nSPS) is 31.6. The summed E-state index contributed by atoms with van der Waals surface area (Å²) in [5, 5.41) is 0. The van der Waals surface area contributed by atoms with E-state index < -0.39 is 5.41 Å². The van der Waals surface area contributed by atoms with Crippen molar-refractivity contribution >= 4 is 17.0 Å². The number of rotatable bonds is 1. The maximum Gasteiger partial charge on any atom is 0.311 e. The summed E-state index contributed by atoms with van der Waals surface area (Å²) in [7, 11) is 1.53. The first-order valence-corrected chi connectivity index (χ1v) is 10.9. The molecule has 1 saturated carbocycles. The molecular weight excluding hydrogens is 348 g/mol. The summed E-state index contributed by atoms with van der Waals surface area (Å²) in [5.41, 5.74) is 6.96. The lowest BCUT2D eigenvalue weighted by molar-refractivity contribution is -0.161. The van der Waals surface area contributed by atoms with Gasteiger partial charge in [0, 0.05) is 0 Å². The highest BCUT2D eigenvalue weighted by molar-refractivity contribution is 5.82. The molecule has 1 fully saturated rings. The zero-order chi connectivity index (χ0) is 19.5. The van der Waals surface area contributed by atoms with E-state index in [9.17, 15) is 4.79 Å². The molecule has 0 spiro atoms. The molecule has 28 heavy (non-hydrogen) atoms. The lowest BCUT2D eigenvalue weighted by atomic mass is 9.49. The number of hydrogen-bond acceptors (Lipinski definition) is 4. The second kappa shape index (κ2) is 6.27. The van der Waals surface area contributed by atoms with Gasteiger partial charge in [0.25, 0.3) is 0 Å². The van der Waals surface area contributed by atoms with Crippen molar-refractivity contribution in [1.29, 1.82) is 0 Å². The van der Waals surface area contributed by atoms with Crippen LogP contribution in [0, 0.1) is 11.3 Å². The van der Waals surface area contributed by atoms with Gasteiger partial charge >= 0.3 is 5.97 Å². The molecule has 0 N–H and O–H groups in total. The van der Waals surface area contributed by atoms with Gasteiger partial charge in [0.05, 0.1) is 34.9 Å². The van der Waals surface area contributed by atoms with Crippen molar-refractivity contribution in [2.45, 2.75) is 77.0 Å². The number of nitrogens with zero attached hydrogens (tertiary/aromatic N) is 2. The minimum absolute atomic E-state index is 0.000542. The lowest BCUT2D eigenvalue weighted by Gasteiger charge is -2.54. The highest BCUT2D eigenvalue weighted by Crippen LogP contribution is 2.58. The summed E-state index contributed by atoms with van der Waals surface area (Å²) < 4.78 is 5.25. The monoisotopic (exact) mass is 378 g/mol. The zero-order valence-corrected chi connectivity index (χ0v) is 17.3. The number of ether oxygens (including phenoxy) is 1. The fourth-order valence-electron chi connectivity index (χ4n) is 6.62. The van der Waals surface area contributed by atoms with Gasteiger partial charge in [-0.3, -0.25) is 4.79 Å². The van der Waals surface area contributed by atoms with E-state index in [2.05, 4.69) is 26.0 Å². The topological polar surface area (TPSA) is 52.1 Å². The quantitative estimate of drug-likeness (QED) is 0.676. The number of carbonyl (C=O) groups excluding carboxylic acids is 1. The van der Waals surface area contributed by atoms with E-state index in [0.717, 1.165) is 56.0 Å². The highest BCUT2D eigenvalue weighted by atomic mass is 16.5. The maximum absolute atomic E-state index is 12.7. The average molecular weight is 379 g/mol. The number of aromatic nitrogens is 2. The van der Waals surface area contributed by atoms with Crippen molar-refractivity contribution in [3.8, 4) is 0 Å². The first kappa shape index (κ1) is 18.1. The molecule has 3 aliphatic carbocycles. The van der Waals surface area contributed by atoms with Crippen molar-refractivity contribution in [2.24, 2.45) is 11.3 Å². The van der Waals surface area contributed by atoms with Crippen LogP contribution in [0.4, 0.5) is 0 Å². The molecule has 4 nitrogen and oxygen atoms in total. The van der Waals surface area contributed by atoms with Gasteiger partial charge in [0.2, 0.25) is 0 Å². The predicted molar refractivity (Wildman–Crippen MR) is 109 cm³/mol. The largest absolute Gasteiger partial charge is 0.469 e. The standard InChI is InChI=1S/C24H30N2O2/c1-23-13-6-14-24(2,22(27)28-3)20(23)12-9-15-16(23)10-11-19-21(15)26-18-8-5-4-7-17(18)25-19/h10-11,20H,4-9,12-14H2,1-3H3/t20?,23-,24-/m1/s1. The average Bonchev–Trinajstić information content (AvgIpc) is 2.71. The van der Waals surface area contributed by atoms with E-state index >= 15 is 0 Å². The SMILES string of the molecule is COC(=O)[C@]1(C)CCC[C@]2(C)c3ccc4nc5c(nc4c3CCC12)CCCC5. The molecule has 5 rings (SSSR count). The summed E-state index contributed by atoms with van der Waals surface area (Å²) in [6.07, 6.45) is 9.68. The van der Waals surface area contributed by atoms with Gasteiger partial charge in [-0.2, -0.15) is 0 Å². The van der Waals surface area contributed by atoms with Gasteiger partial charge in [-0.15, -0.1) is 0 Å². The fourth-order valence-corrected chi connectivity index (χ4v) is 6.62. The first-order chi connectivity index (χ1) is 13.5. The molecule has 0 bridgehead atoms. The molecule has 148 valence electrons. The van der Waals surface area contributed by atoms with Gasteiger partial charge in [0.1, 0.15) is 0 Å². The molecule has 0 aliphatic heterocycles. The van der Waals surface area contributed by atoms with Crippen molar-refractivity contribution in [3.05, 3.63) is 34.6 Å². The van der Waals surface area contributed by atoms with Crippen LogP contribution in [0.25, 0.3) is 11.0 Å². The van der Waals surface area contributed by atoms with Crippen LogP contribution in [0.15, 0.2) is 12.1 Å². The van der Waals surface area contributed by atoms with Crippen LogP contribution in [-0.4, -0.2) is 23.0 Å². The Morgan fingerprint density at radius 2 is 1.79 bits per heavy atom. The molecule has 1 heterocycles. The van der Waals surface area contributed by atoms with Crippen molar-refractivity contribution < 1.29 is 9.53 Å². The van der Waals surface area contributed by atoms with Crippen LogP contribution in [0.2, 0.25) is 0 Å². The third-order valence-electron chi connectivity index (χ3n) is 8.05. The molecule has 0 radical (unpaired) electrons. The van der Waals surface area contributed by atoms with Crippen LogP contribution in [-0.2, 0) is 34.2 Å². The van der Waals surface area contributed by atoms with E-state index in [1.807, 2.05) is 0 Å². The summed E-state index contributed by atoms with van der Waals surface area (Å²) in [6.45, 7) is 4.50. The number of hydrogen-bond donors (Lipinski definition) is 0. The van der Waals surface area contributed by atoms with Crippen molar-refractivity contribution in [2.75, 3.05) is 7.11 Å². The number of benzene rings is 1. The summed E-state index contributed by atoms with van der Waals surface area (Å²) in [6, 6.07) is 4.46. The van der Waals surface area contributed by atoms with Gasteiger partial charge in [0.15, 0.2) is 0 Å². The molecule has 3 atom stereocenters. The number of methoxy groups -OCH3 is 1. The van der Waals surface area contributed by atoms with Crippen molar-refractivity contribution in [1.82, 2.24) is 9.97 Å². The Hall–Kier alpha value is -1.97. The minimum Gasteiger partial charge on any atom is -0.469 e. The summed E-state index contributed by atoms with van der Waals surface area (Å²) in [5.74, 6) is 0.276. The van der Waals surface area contributed by atoms with Crippen LogP contribution >= 0.6 is 0 Å². The molecule has 2 aromatic rings. The minimum atomic E-state index is -0.393. The smallest absolute Gasteiger partial charge is 0.311 e. The second-order valence-electron chi connectivity index (χ2n) is 9.55.